The quantitative estimate of drug-likeness (QED) is 0.579. The van der Waals surface area contributed by atoms with Crippen LogP contribution in [-0.2, 0) is 9.59 Å². The van der Waals surface area contributed by atoms with Crippen LogP contribution in [0.25, 0.3) is 0 Å². The molecule has 1 rings (SSSR count). The summed E-state index contributed by atoms with van der Waals surface area (Å²) >= 11 is 0. The number of aliphatic hydroxyl groups excluding tert-OH is 1. The summed E-state index contributed by atoms with van der Waals surface area (Å²) in [6, 6.07) is -0.133. The van der Waals surface area contributed by atoms with Crippen LogP contribution in [0.4, 0.5) is 0 Å². The van der Waals surface area contributed by atoms with Crippen LogP contribution in [0.1, 0.15) is 25.7 Å². The number of carbonyl (C=O) groups is 2. The highest BCUT2D eigenvalue weighted by Crippen LogP contribution is 2.22. The van der Waals surface area contributed by atoms with E-state index >= 15 is 0 Å². The maximum atomic E-state index is 11.8. The number of aliphatic hydroxyl groups is 1. The molecule has 0 aromatic heterocycles. The van der Waals surface area contributed by atoms with Gasteiger partial charge >= 0.3 is 0 Å². The number of amides is 2. The van der Waals surface area contributed by atoms with Gasteiger partial charge in [-0.1, -0.05) is 12.8 Å². The van der Waals surface area contributed by atoms with E-state index in [2.05, 4.69) is 5.32 Å². The van der Waals surface area contributed by atoms with Crippen molar-refractivity contribution in [3.8, 4) is 0 Å². The maximum Gasteiger partial charge on any atom is 0.242 e. The predicted octanol–water partition coefficient (Wildman–Crippen LogP) is -1.18. The highest BCUT2D eigenvalue weighted by Gasteiger charge is 2.29. The Balaban J connectivity index is 2.42. The van der Waals surface area contributed by atoms with Crippen molar-refractivity contribution in [2.24, 2.45) is 5.73 Å². The van der Waals surface area contributed by atoms with E-state index in [1.807, 2.05) is 0 Å². The van der Waals surface area contributed by atoms with Crippen LogP contribution in [0.3, 0.4) is 0 Å². The van der Waals surface area contributed by atoms with E-state index in [-0.39, 0.29) is 30.9 Å². The molecule has 2 atom stereocenters. The summed E-state index contributed by atoms with van der Waals surface area (Å²) in [7, 11) is 1.66. The fourth-order valence-corrected chi connectivity index (χ4v) is 2.10. The van der Waals surface area contributed by atoms with Gasteiger partial charge in [0, 0.05) is 7.05 Å². The minimum absolute atomic E-state index is 0.0598. The van der Waals surface area contributed by atoms with Crippen molar-refractivity contribution >= 4 is 11.8 Å². The lowest BCUT2D eigenvalue weighted by molar-refractivity contribution is -0.136. The second-order valence-corrected chi connectivity index (χ2v) is 4.40. The SMILES string of the molecule is CN(C(=O)CNC(=O)CN)C1CCCCC1O. The molecule has 0 aromatic carbocycles. The van der Waals surface area contributed by atoms with Crippen molar-refractivity contribution in [1.29, 1.82) is 0 Å². The predicted molar refractivity (Wildman–Crippen MR) is 63.1 cm³/mol. The smallest absolute Gasteiger partial charge is 0.242 e. The van der Waals surface area contributed by atoms with Crippen molar-refractivity contribution in [2.45, 2.75) is 37.8 Å². The summed E-state index contributed by atoms with van der Waals surface area (Å²) in [5.74, 6) is -0.548. The summed E-state index contributed by atoms with van der Waals surface area (Å²) in [4.78, 5) is 24.2. The van der Waals surface area contributed by atoms with Crippen molar-refractivity contribution < 1.29 is 14.7 Å². The van der Waals surface area contributed by atoms with Gasteiger partial charge in [0.1, 0.15) is 0 Å². The van der Waals surface area contributed by atoms with Crippen LogP contribution < -0.4 is 11.1 Å². The van der Waals surface area contributed by atoms with Gasteiger partial charge in [-0.2, -0.15) is 0 Å². The van der Waals surface area contributed by atoms with Crippen LogP contribution in [-0.4, -0.2) is 54.1 Å². The molecule has 0 spiro atoms. The van der Waals surface area contributed by atoms with Gasteiger partial charge in [-0.15, -0.1) is 0 Å². The zero-order chi connectivity index (χ0) is 12.8. The molecule has 4 N–H and O–H groups in total. The molecule has 17 heavy (non-hydrogen) atoms. The third-order valence-electron chi connectivity index (χ3n) is 3.21. The molecule has 2 unspecified atom stereocenters. The average Bonchev–Trinajstić information content (AvgIpc) is 2.35. The number of rotatable bonds is 4. The molecule has 0 heterocycles. The number of nitrogens with zero attached hydrogens (tertiary/aromatic N) is 1. The van der Waals surface area contributed by atoms with Crippen LogP contribution in [0.2, 0.25) is 0 Å². The summed E-state index contributed by atoms with van der Waals surface area (Å²) < 4.78 is 0. The van der Waals surface area contributed by atoms with E-state index in [0.717, 1.165) is 25.7 Å². The fraction of sp³-hybridized carbons (Fsp3) is 0.818. The Morgan fingerprint density at radius 1 is 1.41 bits per heavy atom. The van der Waals surface area contributed by atoms with Gasteiger partial charge in [0.25, 0.3) is 0 Å². The molecule has 1 fully saturated rings. The first-order valence-corrected chi connectivity index (χ1v) is 5.96. The number of hydrogen-bond donors (Lipinski definition) is 3. The van der Waals surface area contributed by atoms with Crippen molar-refractivity contribution in [1.82, 2.24) is 10.2 Å². The van der Waals surface area contributed by atoms with Crippen LogP contribution >= 0.6 is 0 Å². The lowest BCUT2D eigenvalue weighted by Crippen LogP contribution is -2.49. The molecule has 0 aliphatic heterocycles. The molecule has 0 saturated heterocycles. The summed E-state index contributed by atoms with van der Waals surface area (Å²) in [6.07, 6.45) is 3.12. The largest absolute Gasteiger partial charge is 0.391 e. The standard InChI is InChI=1S/C11H21N3O3/c1-14(8-4-2-3-5-9(8)15)11(17)7-13-10(16)6-12/h8-9,15H,2-7,12H2,1H3,(H,13,16). The first-order valence-electron chi connectivity index (χ1n) is 5.96. The Morgan fingerprint density at radius 3 is 2.65 bits per heavy atom. The molecule has 1 aliphatic carbocycles. The van der Waals surface area contributed by atoms with Crippen LogP contribution in [0.15, 0.2) is 0 Å². The summed E-state index contributed by atoms with van der Waals surface area (Å²) in [6.45, 7) is -0.182. The third-order valence-corrected chi connectivity index (χ3v) is 3.21. The Hall–Kier alpha value is -1.14. The summed E-state index contributed by atoms with van der Waals surface area (Å²) in [5.41, 5.74) is 5.12. The van der Waals surface area contributed by atoms with Gasteiger partial charge in [0.2, 0.25) is 11.8 Å². The van der Waals surface area contributed by atoms with Gasteiger partial charge in [-0.3, -0.25) is 9.59 Å². The van der Waals surface area contributed by atoms with Gasteiger partial charge in [0.15, 0.2) is 0 Å². The zero-order valence-corrected chi connectivity index (χ0v) is 10.2. The molecule has 1 aliphatic rings. The molecule has 98 valence electrons. The highest BCUT2D eigenvalue weighted by atomic mass is 16.3. The minimum Gasteiger partial charge on any atom is -0.391 e. The minimum atomic E-state index is -0.456. The van der Waals surface area contributed by atoms with E-state index in [0.29, 0.717) is 0 Å². The van der Waals surface area contributed by atoms with Crippen molar-refractivity contribution in [2.75, 3.05) is 20.1 Å². The number of likely N-dealkylation sites (N-methyl/N-ethyl adjacent to an activating group) is 1. The van der Waals surface area contributed by atoms with Crippen molar-refractivity contribution in [3.05, 3.63) is 0 Å². The molecule has 6 nitrogen and oxygen atoms in total. The first-order chi connectivity index (χ1) is 8.06. The molecule has 2 amide bonds. The fourth-order valence-electron chi connectivity index (χ4n) is 2.10. The topological polar surface area (TPSA) is 95.7 Å². The van der Waals surface area contributed by atoms with Gasteiger partial charge in [0.05, 0.1) is 25.2 Å². The van der Waals surface area contributed by atoms with Crippen LogP contribution in [0, 0.1) is 0 Å². The molecule has 6 heteroatoms. The molecule has 0 radical (unpaired) electrons. The van der Waals surface area contributed by atoms with E-state index in [4.69, 9.17) is 5.73 Å². The zero-order valence-electron chi connectivity index (χ0n) is 10.2. The van der Waals surface area contributed by atoms with E-state index in [9.17, 15) is 14.7 Å². The van der Waals surface area contributed by atoms with Crippen molar-refractivity contribution in [3.63, 3.8) is 0 Å². The number of hydrogen-bond acceptors (Lipinski definition) is 4. The van der Waals surface area contributed by atoms with Gasteiger partial charge in [-0.05, 0) is 12.8 Å². The van der Waals surface area contributed by atoms with E-state index < -0.39 is 6.10 Å². The number of nitrogens with two attached hydrogens (primary N) is 1. The second kappa shape index (κ2) is 6.56. The van der Waals surface area contributed by atoms with E-state index in [1.165, 1.54) is 4.90 Å². The Kier molecular flexibility index (Phi) is 5.37. The van der Waals surface area contributed by atoms with Gasteiger partial charge < -0.3 is 21.1 Å². The Labute approximate surface area is 101 Å². The monoisotopic (exact) mass is 243 g/mol. The maximum absolute atomic E-state index is 11.8. The highest BCUT2D eigenvalue weighted by molar-refractivity contribution is 5.85. The Bertz CT molecular complexity index is 283. The van der Waals surface area contributed by atoms with E-state index in [1.54, 1.807) is 7.05 Å². The lowest BCUT2D eigenvalue weighted by atomic mass is 9.91. The first kappa shape index (κ1) is 13.9. The molecule has 0 bridgehead atoms. The molecule has 1 saturated carbocycles. The average molecular weight is 243 g/mol. The second-order valence-electron chi connectivity index (χ2n) is 4.40. The third kappa shape index (κ3) is 3.98. The van der Waals surface area contributed by atoms with Gasteiger partial charge in [-0.25, -0.2) is 0 Å². The molecular formula is C11H21N3O3. The Morgan fingerprint density at radius 2 is 2.06 bits per heavy atom. The molecule has 0 aromatic rings. The lowest BCUT2D eigenvalue weighted by Gasteiger charge is -2.35. The number of carbonyl (C=O) groups excluding carboxylic acids is 2. The molecular weight excluding hydrogens is 222 g/mol. The summed E-state index contributed by atoms with van der Waals surface area (Å²) in [5, 5.41) is 12.2. The van der Waals surface area contributed by atoms with Crippen LogP contribution in [0.5, 0.6) is 0 Å². The number of nitrogens with one attached hydrogen (secondary N) is 1. The normalized spacial score (nSPS) is 24.2.